The maximum absolute atomic E-state index is 12.4. The number of hydrogen-bond donors (Lipinski definition) is 1. The summed E-state index contributed by atoms with van der Waals surface area (Å²) < 4.78 is 7.12. The van der Waals surface area contributed by atoms with Gasteiger partial charge in [0.1, 0.15) is 12.3 Å². The largest absolute Gasteiger partial charge is 0.466 e. The predicted octanol–water partition coefficient (Wildman–Crippen LogP) is 0.0621. The fraction of sp³-hybridized carbons (Fsp3) is 0.429. The number of likely N-dealkylation sites (N-methyl/N-ethyl adjacent to an activating group) is 3. The molecule has 8 nitrogen and oxygen atoms in total. The molecule has 1 aromatic heterocycles. The van der Waals surface area contributed by atoms with Gasteiger partial charge in [0.05, 0.1) is 12.8 Å². The molecule has 0 bridgehead atoms. The Morgan fingerprint density at radius 1 is 1.36 bits per heavy atom. The third kappa shape index (κ3) is 2.07. The lowest BCUT2D eigenvalue weighted by atomic mass is 10.1. The summed E-state index contributed by atoms with van der Waals surface area (Å²) in [6.07, 6.45) is 1.60. The van der Waals surface area contributed by atoms with E-state index in [9.17, 15) is 9.59 Å². The van der Waals surface area contributed by atoms with Crippen LogP contribution in [0.2, 0.25) is 0 Å². The second kappa shape index (κ2) is 5.28. The topological polar surface area (TPSA) is 81.2 Å². The van der Waals surface area contributed by atoms with Crippen molar-refractivity contribution >= 4 is 23.7 Å². The summed E-state index contributed by atoms with van der Waals surface area (Å²) in [7, 11) is 3.11. The van der Waals surface area contributed by atoms with Gasteiger partial charge in [-0.1, -0.05) is 4.99 Å². The highest BCUT2D eigenvalue weighted by Crippen LogP contribution is 2.18. The zero-order valence-electron chi connectivity index (χ0n) is 12.7. The van der Waals surface area contributed by atoms with Gasteiger partial charge >= 0.3 is 12.0 Å². The molecule has 0 aromatic carbocycles. The van der Waals surface area contributed by atoms with Crippen LogP contribution in [0.5, 0.6) is 0 Å². The minimum atomic E-state index is -0.559. The minimum Gasteiger partial charge on any atom is -0.466 e. The molecule has 0 aliphatic carbocycles. The Labute approximate surface area is 127 Å². The van der Waals surface area contributed by atoms with Crippen LogP contribution in [0.25, 0.3) is 0 Å². The summed E-state index contributed by atoms with van der Waals surface area (Å²) in [5.74, 6) is 1.53. The van der Waals surface area contributed by atoms with Crippen LogP contribution >= 0.6 is 0 Å². The molecule has 1 atom stereocenters. The number of hydrogen-bond acceptors (Lipinski definition) is 5. The van der Waals surface area contributed by atoms with Crippen LogP contribution in [0, 0.1) is 0 Å². The lowest BCUT2D eigenvalue weighted by Crippen LogP contribution is -2.61. The monoisotopic (exact) mass is 304 g/mol. The van der Waals surface area contributed by atoms with Gasteiger partial charge in [-0.2, -0.15) is 0 Å². The summed E-state index contributed by atoms with van der Waals surface area (Å²) in [4.78, 5) is 31.4. The van der Waals surface area contributed by atoms with Gasteiger partial charge in [-0.05, 0) is 19.1 Å². The SMILES string of the molecule is CC[N+]1=C(NCc2ccco2)N=C2C1C(=O)N(C)C(=O)N2C. The summed E-state index contributed by atoms with van der Waals surface area (Å²) in [5, 5.41) is 3.16. The van der Waals surface area contributed by atoms with Crippen molar-refractivity contribution in [2.24, 2.45) is 4.99 Å². The third-order valence-corrected chi connectivity index (χ3v) is 3.87. The molecule has 0 spiro atoms. The highest BCUT2D eigenvalue weighted by Gasteiger charge is 2.50. The number of nitrogens with zero attached hydrogens (tertiary/aromatic N) is 4. The van der Waals surface area contributed by atoms with E-state index < -0.39 is 6.04 Å². The molecule has 3 rings (SSSR count). The van der Waals surface area contributed by atoms with E-state index in [0.717, 1.165) is 10.7 Å². The van der Waals surface area contributed by atoms with Crippen molar-refractivity contribution in [2.45, 2.75) is 19.5 Å². The van der Waals surface area contributed by atoms with Gasteiger partial charge in [0.25, 0.3) is 5.91 Å². The maximum atomic E-state index is 12.4. The molecule has 116 valence electrons. The molecular formula is C14H18N5O3+. The average Bonchev–Trinajstić information content (AvgIpc) is 3.15. The van der Waals surface area contributed by atoms with Crippen LogP contribution in [0.3, 0.4) is 0 Å². The number of carbonyl (C=O) groups is 2. The number of amides is 3. The average molecular weight is 304 g/mol. The summed E-state index contributed by atoms with van der Waals surface area (Å²) in [5.41, 5.74) is 0. The Hall–Kier alpha value is -2.64. The van der Waals surface area contributed by atoms with Gasteiger partial charge in [-0.15, -0.1) is 0 Å². The lowest BCUT2D eigenvalue weighted by molar-refractivity contribution is -0.533. The van der Waals surface area contributed by atoms with Crippen LogP contribution < -0.4 is 5.32 Å². The highest BCUT2D eigenvalue weighted by molar-refractivity contribution is 6.22. The smallest absolute Gasteiger partial charge is 0.390 e. The molecule has 3 amide bonds. The van der Waals surface area contributed by atoms with Crippen LogP contribution in [-0.2, 0) is 11.3 Å². The van der Waals surface area contributed by atoms with Gasteiger partial charge in [0.2, 0.25) is 11.9 Å². The molecule has 3 heterocycles. The second-order valence-electron chi connectivity index (χ2n) is 5.15. The Morgan fingerprint density at radius 2 is 2.14 bits per heavy atom. The Kier molecular flexibility index (Phi) is 3.44. The molecule has 2 aliphatic rings. The van der Waals surface area contributed by atoms with Gasteiger partial charge in [0.15, 0.2) is 0 Å². The fourth-order valence-electron chi connectivity index (χ4n) is 2.65. The number of rotatable bonds is 3. The van der Waals surface area contributed by atoms with E-state index in [1.54, 1.807) is 13.3 Å². The lowest BCUT2D eigenvalue weighted by Gasteiger charge is -2.31. The van der Waals surface area contributed by atoms with Gasteiger partial charge in [-0.3, -0.25) is 19.9 Å². The Bertz CT molecular complexity index is 677. The van der Waals surface area contributed by atoms with E-state index in [-0.39, 0.29) is 11.9 Å². The van der Waals surface area contributed by atoms with Crippen molar-refractivity contribution in [2.75, 3.05) is 20.6 Å². The fourth-order valence-corrected chi connectivity index (χ4v) is 2.65. The van der Waals surface area contributed by atoms with Crippen molar-refractivity contribution in [1.82, 2.24) is 15.1 Å². The van der Waals surface area contributed by atoms with Gasteiger partial charge in [0, 0.05) is 14.1 Å². The van der Waals surface area contributed by atoms with E-state index in [4.69, 9.17) is 4.42 Å². The molecule has 0 radical (unpaired) electrons. The number of guanidine groups is 1. The number of carbonyl (C=O) groups excluding carboxylic acids is 2. The molecule has 1 aromatic rings. The van der Waals surface area contributed by atoms with Crippen molar-refractivity contribution in [3.63, 3.8) is 0 Å². The number of nitrogens with one attached hydrogen (secondary N) is 1. The molecule has 1 N–H and O–H groups in total. The molecule has 2 aliphatic heterocycles. The highest BCUT2D eigenvalue weighted by atomic mass is 16.3. The first-order valence-electron chi connectivity index (χ1n) is 7.08. The standard InChI is InChI=1S/C14H17N5O3/c1-4-19-10-11(17(2)14(21)18(3)12(10)20)16-13(19)15-8-9-6-5-7-22-9/h5-7,10H,4,8H2,1-3H3/p+1. The van der Waals surface area contributed by atoms with Crippen molar-refractivity contribution in [1.29, 1.82) is 0 Å². The van der Waals surface area contributed by atoms with E-state index >= 15 is 0 Å². The van der Waals surface area contributed by atoms with E-state index in [1.807, 2.05) is 23.6 Å². The molecular weight excluding hydrogens is 286 g/mol. The van der Waals surface area contributed by atoms with Gasteiger partial charge < -0.3 is 4.42 Å². The van der Waals surface area contributed by atoms with Crippen molar-refractivity contribution in [3.8, 4) is 0 Å². The maximum Gasteiger partial charge on any atom is 0.390 e. The molecule has 8 heteroatoms. The number of urea groups is 1. The number of amidine groups is 1. The first-order chi connectivity index (χ1) is 10.5. The number of imide groups is 1. The predicted molar refractivity (Wildman–Crippen MR) is 78.5 cm³/mol. The number of aliphatic imine (C=N–C) groups is 1. The molecule has 0 saturated carbocycles. The van der Waals surface area contributed by atoms with Crippen LogP contribution in [0.4, 0.5) is 4.79 Å². The first kappa shape index (κ1) is 14.3. The van der Waals surface area contributed by atoms with Crippen LogP contribution in [0.15, 0.2) is 27.8 Å². The minimum absolute atomic E-state index is 0.265. The third-order valence-electron chi connectivity index (χ3n) is 3.87. The Balaban J connectivity index is 1.89. The van der Waals surface area contributed by atoms with Crippen molar-refractivity contribution in [3.05, 3.63) is 24.2 Å². The van der Waals surface area contributed by atoms with Crippen molar-refractivity contribution < 1.29 is 18.6 Å². The van der Waals surface area contributed by atoms with Crippen LogP contribution in [0.1, 0.15) is 12.7 Å². The number of furan rings is 1. The molecule has 1 unspecified atom stereocenters. The zero-order valence-corrected chi connectivity index (χ0v) is 12.7. The van der Waals surface area contributed by atoms with E-state index in [2.05, 4.69) is 10.3 Å². The quantitative estimate of drug-likeness (QED) is 0.801. The molecule has 22 heavy (non-hydrogen) atoms. The number of fused-ring (bicyclic) bond motifs is 1. The Morgan fingerprint density at radius 3 is 2.77 bits per heavy atom. The molecule has 1 fully saturated rings. The summed E-state index contributed by atoms with van der Waals surface area (Å²) >= 11 is 0. The first-order valence-corrected chi connectivity index (χ1v) is 7.08. The summed E-state index contributed by atoms with van der Waals surface area (Å²) in [6, 6.07) is 2.73. The van der Waals surface area contributed by atoms with Crippen LogP contribution in [-0.4, -0.2) is 64.8 Å². The van der Waals surface area contributed by atoms with E-state index in [1.165, 1.54) is 11.9 Å². The summed E-state index contributed by atoms with van der Waals surface area (Å²) in [6.45, 7) is 3.00. The van der Waals surface area contributed by atoms with Gasteiger partial charge in [-0.25, -0.2) is 9.37 Å². The van der Waals surface area contributed by atoms with E-state index in [0.29, 0.717) is 24.9 Å². The normalized spacial score (nSPS) is 21.4. The zero-order chi connectivity index (χ0) is 15.9. The second-order valence-corrected chi connectivity index (χ2v) is 5.15. The molecule has 1 saturated heterocycles.